The van der Waals surface area contributed by atoms with Crippen LogP contribution in [0.25, 0.3) is 0 Å². The highest BCUT2D eigenvalue weighted by molar-refractivity contribution is 6.53. The summed E-state index contributed by atoms with van der Waals surface area (Å²) in [6.45, 7) is 0. The van der Waals surface area contributed by atoms with Gasteiger partial charge in [-0.3, -0.25) is 14.4 Å². The molecule has 0 atom stereocenters. The summed E-state index contributed by atoms with van der Waals surface area (Å²) in [6, 6.07) is 12.6. The van der Waals surface area contributed by atoms with Crippen molar-refractivity contribution in [1.29, 1.82) is 0 Å². The van der Waals surface area contributed by atoms with Gasteiger partial charge in [0.25, 0.3) is 17.7 Å². The van der Waals surface area contributed by atoms with Gasteiger partial charge in [-0.05, 0) is 61.4 Å². The lowest BCUT2D eigenvalue weighted by Crippen LogP contribution is -2.32. The highest BCUT2D eigenvalue weighted by atomic mass is 35.5. The van der Waals surface area contributed by atoms with E-state index in [4.69, 9.17) is 11.6 Å². The van der Waals surface area contributed by atoms with E-state index in [0.29, 0.717) is 11.3 Å². The first-order valence-electron chi connectivity index (χ1n) is 10.5. The Bertz CT molecular complexity index is 1140. The molecule has 0 spiro atoms. The van der Waals surface area contributed by atoms with Crippen LogP contribution >= 0.6 is 11.6 Å². The topological polar surface area (TPSA) is 105 Å². The number of nitrogens with zero attached hydrogens (tertiary/aromatic N) is 1. The van der Waals surface area contributed by atoms with Crippen molar-refractivity contribution in [2.45, 2.75) is 31.7 Å². The third-order valence-electron chi connectivity index (χ3n) is 5.68. The van der Waals surface area contributed by atoms with Crippen LogP contribution in [0.1, 0.15) is 46.4 Å². The zero-order valence-electron chi connectivity index (χ0n) is 17.9. The molecule has 1 aliphatic heterocycles. The lowest BCUT2D eigenvalue weighted by atomic mass is 10.1. The second-order valence-corrected chi connectivity index (χ2v) is 8.21. The number of carbonyl (C=O) groups excluding carboxylic acids is 4. The van der Waals surface area contributed by atoms with Crippen molar-refractivity contribution in [3.05, 3.63) is 70.4 Å². The summed E-state index contributed by atoms with van der Waals surface area (Å²) in [6.07, 6.45) is 4.25. The fourth-order valence-electron chi connectivity index (χ4n) is 3.90. The number of halogens is 1. The number of benzene rings is 2. The van der Waals surface area contributed by atoms with Crippen molar-refractivity contribution in [3.8, 4) is 0 Å². The van der Waals surface area contributed by atoms with Crippen LogP contribution in [-0.2, 0) is 14.3 Å². The summed E-state index contributed by atoms with van der Waals surface area (Å²) >= 11 is 6.17. The monoisotopic (exact) mass is 467 g/mol. The van der Waals surface area contributed by atoms with Crippen molar-refractivity contribution in [2.24, 2.45) is 0 Å². The number of ether oxygens (including phenoxy) is 1. The van der Waals surface area contributed by atoms with Crippen molar-refractivity contribution in [1.82, 2.24) is 5.32 Å². The lowest BCUT2D eigenvalue weighted by Gasteiger charge is -2.15. The second kappa shape index (κ2) is 9.46. The molecular weight excluding hydrogens is 446 g/mol. The van der Waals surface area contributed by atoms with Crippen LogP contribution in [0.3, 0.4) is 0 Å². The summed E-state index contributed by atoms with van der Waals surface area (Å²) < 4.78 is 4.65. The number of carbonyl (C=O) groups is 4. The molecule has 1 aliphatic carbocycles. The Labute approximate surface area is 195 Å². The molecule has 2 N–H and O–H groups in total. The van der Waals surface area contributed by atoms with Gasteiger partial charge in [0.1, 0.15) is 10.7 Å². The van der Waals surface area contributed by atoms with Crippen molar-refractivity contribution in [3.63, 3.8) is 0 Å². The van der Waals surface area contributed by atoms with Gasteiger partial charge in [0.05, 0.1) is 18.4 Å². The van der Waals surface area contributed by atoms with E-state index in [2.05, 4.69) is 15.4 Å². The minimum absolute atomic E-state index is 0.0677. The quantitative estimate of drug-likeness (QED) is 0.497. The Morgan fingerprint density at radius 3 is 2.15 bits per heavy atom. The molecule has 4 rings (SSSR count). The molecule has 33 heavy (non-hydrogen) atoms. The highest BCUT2D eigenvalue weighted by Crippen LogP contribution is 2.30. The number of nitrogens with one attached hydrogen (secondary N) is 2. The smallest absolute Gasteiger partial charge is 0.337 e. The van der Waals surface area contributed by atoms with E-state index in [-0.39, 0.29) is 33.9 Å². The average molecular weight is 468 g/mol. The third kappa shape index (κ3) is 4.61. The average Bonchev–Trinajstić information content (AvgIpc) is 3.41. The molecule has 2 aromatic carbocycles. The van der Waals surface area contributed by atoms with E-state index in [1.807, 2.05) is 0 Å². The van der Waals surface area contributed by atoms with Gasteiger partial charge in [-0.25, -0.2) is 9.69 Å². The fraction of sp³-hybridized carbons (Fsp3) is 0.250. The van der Waals surface area contributed by atoms with Crippen LogP contribution in [0.4, 0.5) is 11.4 Å². The summed E-state index contributed by atoms with van der Waals surface area (Å²) in [5, 5.41) is 5.65. The molecule has 8 nitrogen and oxygen atoms in total. The maximum atomic E-state index is 12.9. The molecule has 1 heterocycles. The first kappa shape index (κ1) is 22.5. The van der Waals surface area contributed by atoms with E-state index >= 15 is 0 Å². The van der Waals surface area contributed by atoms with E-state index in [1.54, 1.807) is 24.3 Å². The van der Waals surface area contributed by atoms with Crippen LogP contribution in [-0.4, -0.2) is 36.8 Å². The SMILES string of the molecule is COC(=O)c1ccc(N2C(=O)C(Cl)=C(Nc3ccc(C(=O)NC4CCCC4)cc3)C2=O)cc1. The Morgan fingerprint density at radius 1 is 0.939 bits per heavy atom. The highest BCUT2D eigenvalue weighted by Gasteiger charge is 2.39. The second-order valence-electron chi connectivity index (χ2n) is 7.83. The first-order valence-corrected chi connectivity index (χ1v) is 10.9. The number of methoxy groups -OCH3 is 1. The number of amides is 3. The Hall–Kier alpha value is -3.65. The van der Waals surface area contributed by atoms with Gasteiger partial charge < -0.3 is 15.4 Å². The van der Waals surface area contributed by atoms with Gasteiger partial charge in [-0.2, -0.15) is 0 Å². The maximum Gasteiger partial charge on any atom is 0.337 e. The largest absolute Gasteiger partial charge is 0.465 e. The summed E-state index contributed by atoms with van der Waals surface area (Å²) in [4.78, 5) is 50.5. The van der Waals surface area contributed by atoms with E-state index in [0.717, 1.165) is 30.6 Å². The third-order valence-corrected chi connectivity index (χ3v) is 6.03. The predicted molar refractivity (Wildman–Crippen MR) is 123 cm³/mol. The van der Waals surface area contributed by atoms with Gasteiger partial charge in [-0.15, -0.1) is 0 Å². The fourth-order valence-corrected chi connectivity index (χ4v) is 4.11. The molecule has 1 fully saturated rings. The minimum atomic E-state index is -0.678. The molecule has 170 valence electrons. The summed E-state index contributed by atoms with van der Waals surface area (Å²) in [5.74, 6) is -1.97. The number of imide groups is 1. The van der Waals surface area contributed by atoms with E-state index in [1.165, 1.54) is 31.4 Å². The molecule has 0 aromatic heterocycles. The number of hydrogen-bond acceptors (Lipinski definition) is 6. The minimum Gasteiger partial charge on any atom is -0.465 e. The van der Waals surface area contributed by atoms with Crippen LogP contribution in [0.2, 0.25) is 0 Å². The Morgan fingerprint density at radius 2 is 1.55 bits per heavy atom. The normalized spacial score (nSPS) is 16.4. The standard InChI is InChI=1S/C24H22ClN3O5/c1-33-24(32)15-8-12-18(13-9-15)28-22(30)19(25)20(23(28)31)26-17-10-6-14(7-11-17)21(29)27-16-4-2-3-5-16/h6-13,16,26H,2-5H2,1H3,(H,27,29). The predicted octanol–water partition coefficient (Wildman–Crippen LogP) is 3.58. The van der Waals surface area contributed by atoms with Crippen molar-refractivity contribution < 1.29 is 23.9 Å². The zero-order valence-corrected chi connectivity index (χ0v) is 18.6. The van der Waals surface area contributed by atoms with Gasteiger partial charge in [-0.1, -0.05) is 24.4 Å². The van der Waals surface area contributed by atoms with Crippen molar-refractivity contribution in [2.75, 3.05) is 17.3 Å². The van der Waals surface area contributed by atoms with Gasteiger partial charge in [0.2, 0.25) is 0 Å². The van der Waals surface area contributed by atoms with Gasteiger partial charge in [0.15, 0.2) is 0 Å². The first-order chi connectivity index (χ1) is 15.9. The van der Waals surface area contributed by atoms with E-state index in [9.17, 15) is 19.2 Å². The number of esters is 1. The lowest BCUT2D eigenvalue weighted by molar-refractivity contribution is -0.120. The molecule has 9 heteroatoms. The number of anilines is 2. The molecule has 0 bridgehead atoms. The van der Waals surface area contributed by atoms with Gasteiger partial charge >= 0.3 is 5.97 Å². The molecular formula is C24H22ClN3O5. The van der Waals surface area contributed by atoms with Crippen LogP contribution in [0, 0.1) is 0 Å². The Balaban J connectivity index is 1.45. The molecule has 0 radical (unpaired) electrons. The van der Waals surface area contributed by atoms with Crippen LogP contribution < -0.4 is 15.5 Å². The zero-order chi connectivity index (χ0) is 23.5. The molecule has 1 saturated carbocycles. The molecule has 2 aliphatic rings. The molecule has 0 unspecified atom stereocenters. The number of hydrogen-bond donors (Lipinski definition) is 2. The molecule has 2 aromatic rings. The van der Waals surface area contributed by atoms with E-state index < -0.39 is 17.8 Å². The summed E-state index contributed by atoms with van der Waals surface area (Å²) in [7, 11) is 1.26. The van der Waals surface area contributed by atoms with Crippen LogP contribution in [0.5, 0.6) is 0 Å². The molecule has 0 saturated heterocycles. The summed E-state index contributed by atoms with van der Waals surface area (Å²) in [5.41, 5.74) is 1.50. The van der Waals surface area contributed by atoms with Crippen LogP contribution in [0.15, 0.2) is 59.3 Å². The maximum absolute atomic E-state index is 12.9. The Kier molecular flexibility index (Phi) is 6.46. The number of rotatable bonds is 6. The molecule has 3 amide bonds. The van der Waals surface area contributed by atoms with Crippen molar-refractivity contribution >= 4 is 46.7 Å². The van der Waals surface area contributed by atoms with Gasteiger partial charge in [0, 0.05) is 17.3 Å².